The van der Waals surface area contributed by atoms with Crippen molar-refractivity contribution in [1.29, 1.82) is 0 Å². The lowest BCUT2D eigenvalue weighted by atomic mass is 10.0. The summed E-state index contributed by atoms with van der Waals surface area (Å²) in [5.74, 6) is 0.767. The zero-order chi connectivity index (χ0) is 31.4. The predicted octanol–water partition coefficient (Wildman–Crippen LogP) is 4.71. The normalized spacial score (nSPS) is 11.8. The maximum Gasteiger partial charge on any atom is 0.261 e. The minimum Gasteiger partial charge on any atom is -0.493 e. The van der Waals surface area contributed by atoms with Crippen LogP contribution in [0.1, 0.15) is 17.4 Å². The number of methoxy groups -OCH3 is 2. The lowest BCUT2D eigenvalue weighted by molar-refractivity contribution is -0.122. The third-order valence-corrected chi connectivity index (χ3v) is 7.03. The molecule has 5 rings (SSSR count). The lowest BCUT2D eigenvalue weighted by Crippen LogP contribution is -2.39. The van der Waals surface area contributed by atoms with Gasteiger partial charge in [0.1, 0.15) is 17.6 Å². The van der Waals surface area contributed by atoms with Crippen LogP contribution in [0, 0.1) is 5.82 Å². The van der Waals surface area contributed by atoms with E-state index in [-0.39, 0.29) is 23.8 Å². The van der Waals surface area contributed by atoms with Crippen molar-refractivity contribution in [2.75, 3.05) is 34.9 Å². The van der Waals surface area contributed by atoms with Crippen molar-refractivity contribution < 1.29 is 23.4 Å². The fourth-order valence-electron chi connectivity index (χ4n) is 4.87. The molecule has 3 aromatic carbocycles. The number of carbonyl (C=O) groups is 1. The van der Waals surface area contributed by atoms with Crippen LogP contribution < -0.4 is 25.1 Å². The van der Waals surface area contributed by atoms with Gasteiger partial charge in [-0.3, -0.25) is 19.1 Å². The number of likely N-dealkylation sites (N-methyl/N-ethyl adjacent to an activating group) is 1. The molecule has 0 aliphatic carbocycles. The molecule has 0 spiro atoms. The monoisotopic (exact) mass is 597 g/mol. The van der Waals surface area contributed by atoms with Crippen LogP contribution in [0.5, 0.6) is 23.0 Å². The van der Waals surface area contributed by atoms with Gasteiger partial charge in [-0.15, -0.1) is 0 Å². The first kappa shape index (κ1) is 30.2. The van der Waals surface area contributed by atoms with Crippen LogP contribution in [-0.4, -0.2) is 60.2 Å². The van der Waals surface area contributed by atoms with E-state index in [0.717, 1.165) is 5.56 Å². The van der Waals surface area contributed by atoms with Gasteiger partial charge in [0.2, 0.25) is 5.91 Å². The third-order valence-electron chi connectivity index (χ3n) is 7.03. The number of aromatic nitrogens is 3. The zero-order valence-electron chi connectivity index (χ0n) is 25.0. The van der Waals surface area contributed by atoms with E-state index in [2.05, 4.69) is 15.3 Å². The van der Waals surface area contributed by atoms with Crippen LogP contribution in [0.4, 0.5) is 4.39 Å². The van der Waals surface area contributed by atoms with E-state index in [1.54, 1.807) is 56.5 Å². The van der Waals surface area contributed by atoms with Gasteiger partial charge in [-0.1, -0.05) is 36.4 Å². The molecule has 44 heavy (non-hydrogen) atoms. The highest BCUT2D eigenvalue weighted by Crippen LogP contribution is 2.37. The topological polar surface area (TPSA) is 108 Å². The van der Waals surface area contributed by atoms with Gasteiger partial charge in [0.25, 0.3) is 5.56 Å². The number of halogens is 1. The van der Waals surface area contributed by atoms with E-state index in [4.69, 9.17) is 14.2 Å². The zero-order valence-corrected chi connectivity index (χ0v) is 25.0. The smallest absolute Gasteiger partial charge is 0.261 e. The molecule has 2 heterocycles. The fourth-order valence-corrected chi connectivity index (χ4v) is 4.87. The summed E-state index contributed by atoms with van der Waals surface area (Å²) in [6, 6.07) is 17.9. The Bertz CT molecular complexity index is 1880. The molecule has 0 aliphatic heterocycles. The number of benzene rings is 3. The Morgan fingerprint density at radius 1 is 0.955 bits per heavy atom. The Balaban J connectivity index is 1.46. The van der Waals surface area contributed by atoms with Crippen LogP contribution in [0.25, 0.3) is 22.0 Å². The Labute approximate surface area is 253 Å². The van der Waals surface area contributed by atoms with Gasteiger partial charge in [-0.25, -0.2) is 9.37 Å². The molecule has 5 aromatic rings. The van der Waals surface area contributed by atoms with E-state index in [1.165, 1.54) is 37.1 Å². The minimum atomic E-state index is -0.670. The number of pyridine rings is 1. The van der Waals surface area contributed by atoms with E-state index in [0.29, 0.717) is 39.5 Å². The molecule has 1 unspecified atom stereocenters. The number of amides is 1. The molecular formula is C33H32FN5O5. The second kappa shape index (κ2) is 12.9. The molecule has 0 bridgehead atoms. The number of nitrogens with zero attached hydrogens (tertiary/aromatic N) is 4. The summed E-state index contributed by atoms with van der Waals surface area (Å²) in [4.78, 5) is 36.9. The van der Waals surface area contributed by atoms with Gasteiger partial charge in [-0.05, 0) is 49.5 Å². The van der Waals surface area contributed by atoms with Gasteiger partial charge < -0.3 is 24.4 Å². The van der Waals surface area contributed by atoms with Crippen molar-refractivity contribution in [3.63, 3.8) is 0 Å². The summed E-state index contributed by atoms with van der Waals surface area (Å²) >= 11 is 0. The van der Waals surface area contributed by atoms with Crippen LogP contribution in [0.3, 0.4) is 0 Å². The molecule has 0 aliphatic rings. The van der Waals surface area contributed by atoms with Crippen LogP contribution in [0.2, 0.25) is 0 Å². The Kier molecular flexibility index (Phi) is 8.86. The van der Waals surface area contributed by atoms with Crippen molar-refractivity contribution in [1.82, 2.24) is 24.8 Å². The van der Waals surface area contributed by atoms with Crippen molar-refractivity contribution in [3.8, 4) is 34.1 Å². The number of fused-ring (bicyclic) bond motifs is 1. The summed E-state index contributed by atoms with van der Waals surface area (Å²) in [7, 11) is 8.22. The number of hydrogen-bond acceptors (Lipinski definition) is 8. The van der Waals surface area contributed by atoms with Crippen molar-refractivity contribution in [2.24, 2.45) is 7.05 Å². The molecule has 11 heteroatoms. The van der Waals surface area contributed by atoms with Crippen molar-refractivity contribution in [3.05, 3.63) is 107 Å². The fraction of sp³-hybridized carbons (Fsp3) is 0.212. The van der Waals surface area contributed by atoms with Crippen molar-refractivity contribution >= 4 is 16.8 Å². The number of nitrogens with one attached hydrogen (secondary N) is 1. The van der Waals surface area contributed by atoms with Gasteiger partial charge >= 0.3 is 0 Å². The summed E-state index contributed by atoms with van der Waals surface area (Å²) in [5.41, 5.74) is 1.47. The number of carbonyl (C=O) groups excluding carboxylic acids is 1. The average molecular weight is 598 g/mol. The van der Waals surface area contributed by atoms with Crippen LogP contribution in [0.15, 0.2) is 83.9 Å². The molecule has 0 radical (unpaired) electrons. The average Bonchev–Trinajstić information content (AvgIpc) is 3.02. The molecule has 1 amide bonds. The van der Waals surface area contributed by atoms with Gasteiger partial charge in [0, 0.05) is 30.9 Å². The highest BCUT2D eigenvalue weighted by atomic mass is 19.1. The Hall–Kier alpha value is -5.29. The molecule has 0 fully saturated rings. The highest BCUT2D eigenvalue weighted by Gasteiger charge is 2.23. The maximum atomic E-state index is 15.4. The summed E-state index contributed by atoms with van der Waals surface area (Å²) in [6.45, 7) is 0.167. The first-order valence-corrected chi connectivity index (χ1v) is 13.7. The predicted molar refractivity (Wildman–Crippen MR) is 165 cm³/mol. The van der Waals surface area contributed by atoms with E-state index in [9.17, 15) is 9.59 Å². The first-order chi connectivity index (χ1) is 21.2. The minimum absolute atomic E-state index is 0.0369. The first-order valence-electron chi connectivity index (χ1n) is 13.7. The third kappa shape index (κ3) is 6.23. The number of hydrogen-bond donors (Lipinski definition) is 1. The Morgan fingerprint density at radius 3 is 2.36 bits per heavy atom. The van der Waals surface area contributed by atoms with Crippen LogP contribution in [-0.2, 0) is 11.8 Å². The summed E-state index contributed by atoms with van der Waals surface area (Å²) in [5, 5.41) is 3.58. The lowest BCUT2D eigenvalue weighted by Gasteiger charge is -2.22. The molecule has 10 nitrogen and oxygen atoms in total. The van der Waals surface area contributed by atoms with Gasteiger partial charge in [0.15, 0.2) is 23.1 Å². The largest absolute Gasteiger partial charge is 0.493 e. The molecule has 1 atom stereocenters. The SMILES string of the molecule is COc1cc2nccc(Oc3ccc(-c4cnc(C(NC(=O)CN(C)C)c5ccccc5)n(C)c4=O)cc3F)c2cc1OC. The summed E-state index contributed by atoms with van der Waals surface area (Å²) < 4.78 is 33.5. The van der Waals surface area contributed by atoms with Crippen LogP contribution >= 0.6 is 0 Å². The second-order valence-electron chi connectivity index (χ2n) is 10.3. The molecule has 2 aromatic heterocycles. The van der Waals surface area contributed by atoms with Gasteiger partial charge in [-0.2, -0.15) is 0 Å². The van der Waals surface area contributed by atoms with Gasteiger partial charge in [0.05, 0.1) is 31.8 Å². The van der Waals surface area contributed by atoms with E-state index < -0.39 is 17.4 Å². The summed E-state index contributed by atoms with van der Waals surface area (Å²) in [6.07, 6.45) is 2.95. The van der Waals surface area contributed by atoms with E-state index >= 15 is 4.39 Å². The Morgan fingerprint density at radius 2 is 1.68 bits per heavy atom. The molecule has 0 saturated carbocycles. The molecule has 226 valence electrons. The maximum absolute atomic E-state index is 15.4. The molecular weight excluding hydrogens is 565 g/mol. The standard InChI is InChI=1S/C33H32FN5O5/c1-38(2)19-30(40)37-31(20-9-7-6-8-10-20)32-36-18-23(33(41)39(32)3)21-11-12-27(24(34)15-21)44-26-13-14-35-25-17-29(43-5)28(42-4)16-22(25)26/h6-18,31H,19H2,1-5H3,(H,37,40). The number of rotatable bonds is 10. The highest BCUT2D eigenvalue weighted by molar-refractivity contribution is 5.88. The number of ether oxygens (including phenoxy) is 3. The molecule has 1 N–H and O–H groups in total. The second-order valence-corrected chi connectivity index (χ2v) is 10.3. The van der Waals surface area contributed by atoms with E-state index in [1.807, 2.05) is 30.3 Å². The quantitative estimate of drug-likeness (QED) is 0.247. The van der Waals surface area contributed by atoms with Crippen molar-refractivity contribution in [2.45, 2.75) is 6.04 Å². The molecule has 0 saturated heterocycles.